The van der Waals surface area contributed by atoms with Crippen LogP contribution in [0.4, 0.5) is 4.39 Å². The highest BCUT2D eigenvalue weighted by atomic mass is 79.9. The number of halogens is 2. The Bertz CT molecular complexity index is 336. The lowest BCUT2D eigenvalue weighted by molar-refractivity contribution is 0.511. The topological polar surface area (TPSA) is 38.0 Å². The summed E-state index contributed by atoms with van der Waals surface area (Å²) in [7, 11) is 0. The van der Waals surface area contributed by atoms with Crippen molar-refractivity contribution in [2.75, 3.05) is 12.0 Å². The van der Waals surface area contributed by atoms with Gasteiger partial charge in [-0.15, -0.1) is 0 Å². The predicted octanol–water partition coefficient (Wildman–Crippen LogP) is 2.72. The molecule has 0 saturated heterocycles. The zero-order valence-corrected chi connectivity index (χ0v) is 11.6. The fourth-order valence-electron chi connectivity index (χ4n) is 1.48. The van der Waals surface area contributed by atoms with E-state index in [1.54, 1.807) is 17.8 Å². The third-order valence-corrected chi connectivity index (χ3v) is 3.94. The molecule has 0 aromatic heterocycles. The number of thioether (sulfide) groups is 1. The average Bonchev–Trinajstić information content (AvgIpc) is 2.30. The number of hydrogen-bond donors (Lipinski definition) is 2. The summed E-state index contributed by atoms with van der Waals surface area (Å²) >= 11 is 5.04. The molecule has 1 rings (SSSR count). The van der Waals surface area contributed by atoms with Gasteiger partial charge < -0.3 is 0 Å². The van der Waals surface area contributed by atoms with Gasteiger partial charge in [0.2, 0.25) is 0 Å². The van der Waals surface area contributed by atoms with Crippen LogP contribution in [0.1, 0.15) is 12.0 Å². The lowest BCUT2D eigenvalue weighted by atomic mass is 10.0. The number of nitrogens with two attached hydrogens (primary N) is 1. The largest absolute Gasteiger partial charge is 0.271 e. The van der Waals surface area contributed by atoms with E-state index in [4.69, 9.17) is 5.84 Å². The highest BCUT2D eigenvalue weighted by Crippen LogP contribution is 2.22. The van der Waals surface area contributed by atoms with Crippen molar-refractivity contribution in [2.45, 2.75) is 18.9 Å². The molecule has 0 heterocycles. The normalized spacial score (nSPS) is 12.8. The molecular weight excluding hydrogens is 291 g/mol. The van der Waals surface area contributed by atoms with Crippen LogP contribution in [0, 0.1) is 5.82 Å². The van der Waals surface area contributed by atoms with Crippen molar-refractivity contribution >= 4 is 27.7 Å². The second kappa shape index (κ2) is 7.27. The first kappa shape index (κ1) is 14.0. The van der Waals surface area contributed by atoms with Crippen molar-refractivity contribution in [3.8, 4) is 0 Å². The van der Waals surface area contributed by atoms with Crippen LogP contribution in [-0.2, 0) is 6.42 Å². The van der Waals surface area contributed by atoms with Crippen LogP contribution >= 0.6 is 27.7 Å². The quantitative estimate of drug-likeness (QED) is 0.627. The Labute approximate surface area is 108 Å². The third kappa shape index (κ3) is 4.05. The standard InChI is InChI=1S/C11H16BrFN2S/c1-16-6-5-9(15-14)7-8-3-2-4-10(13)11(8)12/h2-4,9,15H,5-7,14H2,1H3. The first-order chi connectivity index (χ1) is 7.69. The lowest BCUT2D eigenvalue weighted by Gasteiger charge is -2.16. The van der Waals surface area contributed by atoms with Crippen LogP contribution in [0.25, 0.3) is 0 Å². The van der Waals surface area contributed by atoms with Crippen molar-refractivity contribution in [3.63, 3.8) is 0 Å². The second-order valence-corrected chi connectivity index (χ2v) is 5.34. The molecular formula is C11H16BrFN2S. The average molecular weight is 307 g/mol. The molecule has 1 aromatic carbocycles. The van der Waals surface area contributed by atoms with E-state index in [2.05, 4.69) is 27.6 Å². The molecule has 0 aliphatic rings. The van der Waals surface area contributed by atoms with E-state index < -0.39 is 0 Å². The van der Waals surface area contributed by atoms with E-state index in [-0.39, 0.29) is 11.9 Å². The van der Waals surface area contributed by atoms with Crippen LogP contribution in [0.3, 0.4) is 0 Å². The minimum absolute atomic E-state index is 0.186. The van der Waals surface area contributed by atoms with Gasteiger partial charge in [-0.2, -0.15) is 11.8 Å². The van der Waals surface area contributed by atoms with Crippen LogP contribution in [0.5, 0.6) is 0 Å². The maximum Gasteiger partial charge on any atom is 0.137 e. The van der Waals surface area contributed by atoms with Gasteiger partial charge in [0.1, 0.15) is 5.82 Å². The number of benzene rings is 1. The second-order valence-electron chi connectivity index (χ2n) is 3.56. The zero-order valence-electron chi connectivity index (χ0n) is 9.17. The van der Waals surface area contributed by atoms with E-state index in [1.807, 2.05) is 6.07 Å². The maximum atomic E-state index is 13.3. The Hall–Kier alpha value is -0.100. The number of nitrogens with one attached hydrogen (secondary N) is 1. The van der Waals surface area contributed by atoms with Gasteiger partial charge in [0, 0.05) is 6.04 Å². The minimum atomic E-state index is -0.224. The van der Waals surface area contributed by atoms with E-state index >= 15 is 0 Å². The highest BCUT2D eigenvalue weighted by Gasteiger charge is 2.11. The smallest absolute Gasteiger partial charge is 0.137 e. The molecule has 0 aliphatic carbocycles. The molecule has 0 radical (unpaired) electrons. The molecule has 0 aliphatic heterocycles. The van der Waals surface area contributed by atoms with Crippen LogP contribution < -0.4 is 11.3 Å². The first-order valence-electron chi connectivity index (χ1n) is 5.07. The number of rotatable bonds is 6. The van der Waals surface area contributed by atoms with Crippen molar-refractivity contribution in [1.82, 2.24) is 5.43 Å². The fraction of sp³-hybridized carbons (Fsp3) is 0.455. The summed E-state index contributed by atoms with van der Waals surface area (Å²) < 4.78 is 13.8. The Kier molecular flexibility index (Phi) is 6.34. The van der Waals surface area contributed by atoms with Crippen molar-refractivity contribution < 1.29 is 4.39 Å². The molecule has 0 fully saturated rings. The van der Waals surface area contributed by atoms with Crippen LogP contribution in [0.2, 0.25) is 0 Å². The van der Waals surface area contributed by atoms with Gasteiger partial charge >= 0.3 is 0 Å². The Morgan fingerprint density at radius 1 is 1.56 bits per heavy atom. The molecule has 90 valence electrons. The minimum Gasteiger partial charge on any atom is -0.271 e. The summed E-state index contributed by atoms with van der Waals surface area (Å²) in [4.78, 5) is 0. The molecule has 3 N–H and O–H groups in total. The number of hydrazine groups is 1. The van der Waals surface area contributed by atoms with Gasteiger partial charge in [0.25, 0.3) is 0 Å². The number of hydrogen-bond acceptors (Lipinski definition) is 3. The molecule has 2 nitrogen and oxygen atoms in total. The summed E-state index contributed by atoms with van der Waals surface area (Å²) in [6.07, 6.45) is 3.77. The van der Waals surface area contributed by atoms with Crippen molar-refractivity contribution in [2.24, 2.45) is 5.84 Å². The van der Waals surface area contributed by atoms with Gasteiger partial charge in [0.15, 0.2) is 0 Å². The predicted molar refractivity (Wildman–Crippen MR) is 71.9 cm³/mol. The van der Waals surface area contributed by atoms with E-state index in [1.165, 1.54) is 6.07 Å². The molecule has 1 unspecified atom stereocenters. The maximum absolute atomic E-state index is 13.3. The summed E-state index contributed by atoms with van der Waals surface area (Å²) in [5.41, 5.74) is 3.72. The zero-order chi connectivity index (χ0) is 12.0. The molecule has 0 amide bonds. The SMILES string of the molecule is CSCCC(Cc1cccc(F)c1Br)NN. The van der Waals surface area contributed by atoms with Crippen LogP contribution in [0.15, 0.2) is 22.7 Å². The van der Waals surface area contributed by atoms with E-state index in [0.717, 1.165) is 24.2 Å². The Balaban J connectivity index is 2.66. The first-order valence-corrected chi connectivity index (χ1v) is 7.25. The Morgan fingerprint density at radius 2 is 2.31 bits per heavy atom. The molecule has 0 bridgehead atoms. The third-order valence-electron chi connectivity index (χ3n) is 2.40. The fourth-order valence-corrected chi connectivity index (χ4v) is 2.42. The van der Waals surface area contributed by atoms with Gasteiger partial charge in [-0.25, -0.2) is 4.39 Å². The molecule has 0 saturated carbocycles. The van der Waals surface area contributed by atoms with E-state index in [0.29, 0.717) is 4.47 Å². The molecule has 0 spiro atoms. The summed E-state index contributed by atoms with van der Waals surface area (Å²) in [6, 6.07) is 5.26. The summed E-state index contributed by atoms with van der Waals surface area (Å²) in [5, 5.41) is 0. The molecule has 16 heavy (non-hydrogen) atoms. The van der Waals surface area contributed by atoms with Gasteiger partial charge in [0.05, 0.1) is 4.47 Å². The monoisotopic (exact) mass is 306 g/mol. The van der Waals surface area contributed by atoms with Crippen molar-refractivity contribution in [1.29, 1.82) is 0 Å². The molecule has 5 heteroatoms. The van der Waals surface area contributed by atoms with Gasteiger partial charge in [-0.05, 0) is 52.4 Å². The molecule has 1 aromatic rings. The highest BCUT2D eigenvalue weighted by molar-refractivity contribution is 9.10. The van der Waals surface area contributed by atoms with Gasteiger partial charge in [-0.3, -0.25) is 11.3 Å². The van der Waals surface area contributed by atoms with Crippen molar-refractivity contribution in [3.05, 3.63) is 34.1 Å². The summed E-state index contributed by atoms with van der Waals surface area (Å²) in [5.74, 6) is 6.30. The molecule has 1 atom stereocenters. The Morgan fingerprint density at radius 3 is 2.94 bits per heavy atom. The lowest BCUT2D eigenvalue weighted by Crippen LogP contribution is -2.37. The van der Waals surface area contributed by atoms with Gasteiger partial charge in [-0.1, -0.05) is 12.1 Å². The van der Waals surface area contributed by atoms with E-state index in [9.17, 15) is 4.39 Å². The summed E-state index contributed by atoms with van der Waals surface area (Å²) in [6.45, 7) is 0. The van der Waals surface area contributed by atoms with Crippen LogP contribution in [-0.4, -0.2) is 18.1 Å².